The van der Waals surface area contributed by atoms with Crippen molar-refractivity contribution in [2.75, 3.05) is 0 Å². The highest BCUT2D eigenvalue weighted by Gasteiger charge is 2.37. The lowest BCUT2D eigenvalue weighted by Gasteiger charge is -2.31. The summed E-state index contributed by atoms with van der Waals surface area (Å²) in [5, 5.41) is 2.08. The number of carbonyl (C=O) groups excluding carboxylic acids is 1. The summed E-state index contributed by atoms with van der Waals surface area (Å²) in [6.07, 6.45) is 7.68. The SMILES string of the molecule is O=C(c1ccc(-c2cccs2)cc1)N1[C@H]2CC=C[C@H]1CC2. The summed E-state index contributed by atoms with van der Waals surface area (Å²) < 4.78 is 0. The molecule has 0 unspecified atom stereocenters. The van der Waals surface area contributed by atoms with Crippen LogP contribution in [0, 0.1) is 0 Å². The van der Waals surface area contributed by atoms with E-state index in [1.54, 1.807) is 11.3 Å². The van der Waals surface area contributed by atoms with E-state index < -0.39 is 0 Å². The standard InChI is InChI=1S/C18H17NOS/c20-18(19-15-3-1-4-16(19)11-10-15)14-8-6-13(7-9-14)17-5-2-12-21-17/h1-3,5-9,12,15-16H,4,10-11H2/t15-,16-/m0/s1. The molecule has 0 radical (unpaired) electrons. The van der Waals surface area contributed by atoms with E-state index in [4.69, 9.17) is 0 Å². The maximum Gasteiger partial charge on any atom is 0.254 e. The highest BCUT2D eigenvalue weighted by Crippen LogP contribution is 2.33. The molecule has 1 amide bonds. The van der Waals surface area contributed by atoms with Crippen LogP contribution in [0.2, 0.25) is 0 Å². The van der Waals surface area contributed by atoms with Gasteiger partial charge < -0.3 is 4.90 Å². The molecule has 1 aromatic heterocycles. The third-order valence-corrected chi connectivity index (χ3v) is 5.40. The van der Waals surface area contributed by atoms with Crippen molar-refractivity contribution in [2.45, 2.75) is 31.3 Å². The summed E-state index contributed by atoms with van der Waals surface area (Å²) in [4.78, 5) is 16.1. The molecule has 2 atom stereocenters. The Morgan fingerprint density at radius 1 is 1.14 bits per heavy atom. The van der Waals surface area contributed by atoms with Crippen LogP contribution < -0.4 is 0 Å². The van der Waals surface area contributed by atoms with Crippen LogP contribution in [0.25, 0.3) is 10.4 Å². The number of amides is 1. The fourth-order valence-electron chi connectivity index (χ4n) is 3.41. The van der Waals surface area contributed by atoms with Gasteiger partial charge in [0.1, 0.15) is 0 Å². The maximum absolute atomic E-state index is 12.8. The topological polar surface area (TPSA) is 20.3 Å². The summed E-state index contributed by atoms with van der Waals surface area (Å²) in [7, 11) is 0. The Morgan fingerprint density at radius 2 is 2.00 bits per heavy atom. The van der Waals surface area contributed by atoms with Crippen molar-refractivity contribution >= 4 is 17.2 Å². The number of thiophene rings is 1. The minimum absolute atomic E-state index is 0.185. The minimum Gasteiger partial charge on any atom is -0.329 e. The molecule has 0 N–H and O–H groups in total. The van der Waals surface area contributed by atoms with E-state index in [1.165, 1.54) is 10.4 Å². The summed E-state index contributed by atoms with van der Waals surface area (Å²) in [5.74, 6) is 0.185. The van der Waals surface area contributed by atoms with Crippen molar-refractivity contribution in [2.24, 2.45) is 0 Å². The Labute approximate surface area is 128 Å². The van der Waals surface area contributed by atoms with Gasteiger partial charge in [0.25, 0.3) is 5.91 Å². The number of hydrogen-bond acceptors (Lipinski definition) is 2. The first-order valence-electron chi connectivity index (χ1n) is 7.46. The molecular formula is C18H17NOS. The molecule has 0 aliphatic carbocycles. The van der Waals surface area contributed by atoms with Gasteiger partial charge in [0, 0.05) is 16.5 Å². The lowest BCUT2D eigenvalue weighted by Crippen LogP contribution is -2.42. The predicted molar refractivity (Wildman–Crippen MR) is 86.5 cm³/mol. The lowest BCUT2D eigenvalue weighted by molar-refractivity contribution is 0.0689. The predicted octanol–water partition coefficient (Wildman–Crippen LogP) is 4.35. The number of fused-ring (bicyclic) bond motifs is 2. The van der Waals surface area contributed by atoms with E-state index in [2.05, 4.69) is 46.7 Å². The average Bonchev–Trinajstić information content (AvgIpc) is 3.14. The molecule has 1 aromatic carbocycles. The van der Waals surface area contributed by atoms with Crippen LogP contribution in [0.3, 0.4) is 0 Å². The maximum atomic E-state index is 12.8. The van der Waals surface area contributed by atoms with Gasteiger partial charge in [-0.2, -0.15) is 0 Å². The molecule has 3 heterocycles. The molecule has 2 nitrogen and oxygen atoms in total. The monoisotopic (exact) mass is 295 g/mol. The molecule has 1 saturated heterocycles. The number of nitrogens with zero attached hydrogens (tertiary/aromatic N) is 1. The molecule has 2 bridgehead atoms. The molecule has 3 heteroatoms. The Kier molecular flexibility index (Phi) is 3.15. The molecule has 0 saturated carbocycles. The van der Waals surface area contributed by atoms with Crippen LogP contribution in [0.15, 0.2) is 53.9 Å². The van der Waals surface area contributed by atoms with Crippen molar-refractivity contribution in [1.29, 1.82) is 0 Å². The summed E-state index contributed by atoms with van der Waals surface area (Å²) in [5.41, 5.74) is 1.99. The zero-order valence-electron chi connectivity index (χ0n) is 11.7. The lowest BCUT2D eigenvalue weighted by atomic mass is 10.1. The van der Waals surface area contributed by atoms with Gasteiger partial charge in [-0.05, 0) is 48.4 Å². The van der Waals surface area contributed by atoms with E-state index in [-0.39, 0.29) is 5.91 Å². The van der Waals surface area contributed by atoms with Gasteiger partial charge in [0.05, 0.1) is 6.04 Å². The van der Waals surface area contributed by atoms with Crippen molar-refractivity contribution < 1.29 is 4.79 Å². The zero-order valence-corrected chi connectivity index (χ0v) is 12.6. The Bertz CT molecular complexity index is 672. The highest BCUT2D eigenvalue weighted by atomic mass is 32.1. The minimum atomic E-state index is 0.185. The summed E-state index contributed by atoms with van der Waals surface area (Å²) in [6, 6.07) is 12.9. The average molecular weight is 295 g/mol. The molecule has 0 spiro atoms. The fraction of sp³-hybridized carbons (Fsp3) is 0.278. The Balaban J connectivity index is 1.59. The van der Waals surface area contributed by atoms with Crippen LogP contribution in [0.4, 0.5) is 0 Å². The van der Waals surface area contributed by atoms with E-state index in [0.29, 0.717) is 12.1 Å². The first-order valence-corrected chi connectivity index (χ1v) is 8.34. The van der Waals surface area contributed by atoms with E-state index in [9.17, 15) is 4.79 Å². The van der Waals surface area contributed by atoms with Gasteiger partial charge >= 0.3 is 0 Å². The van der Waals surface area contributed by atoms with Crippen LogP contribution in [0.1, 0.15) is 29.6 Å². The van der Waals surface area contributed by atoms with Crippen LogP contribution in [-0.4, -0.2) is 22.9 Å². The second kappa shape index (κ2) is 5.15. The van der Waals surface area contributed by atoms with Gasteiger partial charge in [0.2, 0.25) is 0 Å². The normalized spacial score (nSPS) is 23.5. The molecular weight excluding hydrogens is 278 g/mol. The van der Waals surface area contributed by atoms with Crippen LogP contribution in [-0.2, 0) is 0 Å². The largest absolute Gasteiger partial charge is 0.329 e. The number of benzene rings is 1. The number of hydrogen-bond donors (Lipinski definition) is 0. The van der Waals surface area contributed by atoms with Crippen LogP contribution >= 0.6 is 11.3 Å². The van der Waals surface area contributed by atoms with Crippen molar-refractivity contribution in [3.63, 3.8) is 0 Å². The van der Waals surface area contributed by atoms with E-state index in [1.807, 2.05) is 12.1 Å². The van der Waals surface area contributed by atoms with Crippen molar-refractivity contribution in [3.05, 3.63) is 59.5 Å². The fourth-order valence-corrected chi connectivity index (χ4v) is 4.14. The molecule has 2 aliphatic heterocycles. The molecule has 2 aliphatic rings. The smallest absolute Gasteiger partial charge is 0.254 e. The van der Waals surface area contributed by atoms with Gasteiger partial charge in [-0.1, -0.05) is 30.4 Å². The molecule has 2 aromatic rings. The molecule has 1 fully saturated rings. The number of carbonyl (C=O) groups is 1. The van der Waals surface area contributed by atoms with Crippen LogP contribution in [0.5, 0.6) is 0 Å². The molecule has 4 rings (SSSR count). The van der Waals surface area contributed by atoms with Crippen molar-refractivity contribution in [3.8, 4) is 10.4 Å². The van der Waals surface area contributed by atoms with Gasteiger partial charge in [-0.3, -0.25) is 4.79 Å². The number of rotatable bonds is 2. The van der Waals surface area contributed by atoms with Crippen molar-refractivity contribution in [1.82, 2.24) is 4.90 Å². The third kappa shape index (κ3) is 2.22. The Morgan fingerprint density at radius 3 is 2.71 bits per heavy atom. The first-order chi connectivity index (χ1) is 10.3. The third-order valence-electron chi connectivity index (χ3n) is 4.48. The molecule has 21 heavy (non-hydrogen) atoms. The second-order valence-electron chi connectivity index (χ2n) is 5.73. The second-order valence-corrected chi connectivity index (χ2v) is 6.68. The van der Waals surface area contributed by atoms with Gasteiger partial charge in [0.15, 0.2) is 0 Å². The Hall–Kier alpha value is -1.87. The zero-order chi connectivity index (χ0) is 14.2. The molecule has 106 valence electrons. The van der Waals surface area contributed by atoms with Gasteiger partial charge in [-0.25, -0.2) is 0 Å². The highest BCUT2D eigenvalue weighted by molar-refractivity contribution is 7.13. The van der Waals surface area contributed by atoms with Gasteiger partial charge in [-0.15, -0.1) is 11.3 Å². The summed E-state index contributed by atoms with van der Waals surface area (Å²) >= 11 is 1.72. The van der Waals surface area contributed by atoms with E-state index >= 15 is 0 Å². The first kappa shape index (κ1) is 12.8. The summed E-state index contributed by atoms with van der Waals surface area (Å²) in [6.45, 7) is 0. The van der Waals surface area contributed by atoms with E-state index in [0.717, 1.165) is 24.8 Å². The quantitative estimate of drug-likeness (QED) is 0.754.